The average Bonchev–Trinajstić information content (AvgIpc) is 3.08. The molecule has 4 rings (SSSR count). The molecule has 3 aromatic carbocycles. The molecule has 0 fully saturated rings. The Kier molecular flexibility index (Phi) is 9.01. The average molecular weight is 572 g/mol. The molecule has 0 saturated heterocycles. The Morgan fingerprint density at radius 1 is 0.795 bits per heavy atom. The van der Waals surface area contributed by atoms with E-state index in [0.717, 1.165) is 11.5 Å². The van der Waals surface area contributed by atoms with E-state index in [0.29, 0.717) is 5.92 Å². The van der Waals surface area contributed by atoms with Crippen LogP contribution in [-0.2, 0) is 30.2 Å². The van der Waals surface area contributed by atoms with Crippen molar-refractivity contribution in [1.29, 1.82) is 0 Å². The van der Waals surface area contributed by atoms with Crippen LogP contribution in [0.5, 0.6) is 11.5 Å². The first-order chi connectivity index (χ1) is 18.3. The van der Waals surface area contributed by atoms with Crippen LogP contribution in [0.15, 0.2) is 93.4 Å². The molecule has 0 spiro atoms. The van der Waals surface area contributed by atoms with Gasteiger partial charge in [-0.15, -0.1) is 0 Å². The van der Waals surface area contributed by atoms with Crippen LogP contribution >= 0.6 is 0 Å². The van der Waals surface area contributed by atoms with Gasteiger partial charge in [0.25, 0.3) is 0 Å². The van der Waals surface area contributed by atoms with Crippen molar-refractivity contribution in [2.45, 2.75) is 83.3 Å². The molecule has 0 N–H and O–H groups in total. The fourth-order valence-electron chi connectivity index (χ4n) is 6.55. The van der Waals surface area contributed by atoms with E-state index < -0.39 is 21.5 Å². The molecule has 0 aromatic heterocycles. The summed E-state index contributed by atoms with van der Waals surface area (Å²) >= 11 is -2.75. The van der Waals surface area contributed by atoms with Crippen LogP contribution in [-0.4, -0.2) is 6.19 Å². The third-order valence-electron chi connectivity index (χ3n) is 9.04. The van der Waals surface area contributed by atoms with Crippen molar-refractivity contribution in [2.24, 2.45) is 5.92 Å². The Balaban J connectivity index is 2.00. The second-order valence-electron chi connectivity index (χ2n) is 13.0. The summed E-state index contributed by atoms with van der Waals surface area (Å²) in [4.78, 5) is 0. The van der Waals surface area contributed by atoms with Gasteiger partial charge >= 0.3 is 243 Å². The summed E-state index contributed by atoms with van der Waals surface area (Å²) in [5, 5.41) is 0. The molecule has 1 aliphatic carbocycles. The van der Waals surface area contributed by atoms with E-state index in [-0.39, 0.29) is 5.41 Å². The van der Waals surface area contributed by atoms with E-state index in [2.05, 4.69) is 141 Å². The van der Waals surface area contributed by atoms with E-state index in [1.807, 2.05) is 3.88 Å². The van der Waals surface area contributed by atoms with E-state index in [1.165, 1.54) is 37.3 Å². The molecule has 1 aliphatic rings. The fourth-order valence-corrected chi connectivity index (χ4v) is 23.6. The number of para-hydroxylation sites is 1. The fraction of sp³-hybridized carbons (Fsp3) is 0.389. The van der Waals surface area contributed by atoms with Crippen molar-refractivity contribution < 1.29 is 20.1 Å². The molecule has 3 aromatic rings. The molecule has 2 unspecified atom stereocenters. The summed E-state index contributed by atoms with van der Waals surface area (Å²) in [7, 11) is 0. The predicted molar refractivity (Wildman–Crippen MR) is 168 cm³/mol. The number of rotatable bonds is 7. The van der Waals surface area contributed by atoms with Gasteiger partial charge < -0.3 is 0 Å². The molecule has 0 heterocycles. The topological polar surface area (TPSA) is 9.23 Å². The summed E-state index contributed by atoms with van der Waals surface area (Å²) in [6, 6.07) is 26.5. The quantitative estimate of drug-likeness (QED) is 0.256. The van der Waals surface area contributed by atoms with Gasteiger partial charge in [-0.1, -0.05) is 0 Å². The zero-order valence-electron chi connectivity index (χ0n) is 25.8. The predicted octanol–water partition coefficient (Wildman–Crippen LogP) is 10.5. The van der Waals surface area contributed by atoms with E-state index in [9.17, 15) is 0 Å². The summed E-state index contributed by atoms with van der Waals surface area (Å²) in [6.45, 7) is 24.1. The Labute approximate surface area is 241 Å². The summed E-state index contributed by atoms with van der Waals surface area (Å²) in [5.41, 5.74) is 10.3. The van der Waals surface area contributed by atoms with Gasteiger partial charge in [-0.2, -0.15) is 0 Å². The minimum atomic E-state index is -2.75. The van der Waals surface area contributed by atoms with Gasteiger partial charge in [-0.3, -0.25) is 0 Å². The van der Waals surface area contributed by atoms with Gasteiger partial charge in [0, 0.05) is 0 Å². The second kappa shape index (κ2) is 11.8. The van der Waals surface area contributed by atoms with Crippen LogP contribution in [0, 0.1) is 12.8 Å². The second-order valence-corrected chi connectivity index (χ2v) is 28.9. The van der Waals surface area contributed by atoms with E-state index in [4.69, 9.17) is 4.74 Å². The van der Waals surface area contributed by atoms with Gasteiger partial charge in [0.1, 0.15) is 0 Å². The standard InChI is InChI=1S/C18H21O.C9H13.C7H7.C2H6Si.Ti/c1-13-11-14(2)17(16(12-13)18(3,4)5)19-15-9-7-6-8-10-15;1-6-5-7(2)9(4)8(6)3;1-7-5-3-2-4-6-7;1-3-2;/h6-12H,2H2,1,3-5H3;6H,1-4H3;2-6H,1H2;1-2H3;. The molecular formula is C36H47OSiTi. The Bertz CT molecular complexity index is 1470. The van der Waals surface area contributed by atoms with Crippen LogP contribution < -0.4 is 4.74 Å². The third-order valence-corrected chi connectivity index (χ3v) is 28.5. The summed E-state index contributed by atoms with van der Waals surface area (Å²) in [5.74, 6) is 2.56. The maximum atomic E-state index is 6.87. The Morgan fingerprint density at radius 2 is 1.38 bits per heavy atom. The molecule has 0 amide bonds. The van der Waals surface area contributed by atoms with Crippen LogP contribution in [0.3, 0.4) is 0 Å². The van der Waals surface area contributed by atoms with Crippen LogP contribution in [0.4, 0.5) is 0 Å². The van der Waals surface area contributed by atoms with Crippen LogP contribution in [0.25, 0.3) is 0 Å². The SMILES string of the molecule is CC1=C(C)C(C)[C]([Ti]([CH2]c2ccccc2)([CH2]c2cc(C)cc(C(C)(C)C)c2Oc2ccccc2)=[Si](C)C)=C1C. The normalized spacial score (nSPS) is 17.4. The Hall–Kier alpha value is -2.13. The van der Waals surface area contributed by atoms with Crippen molar-refractivity contribution >= 4 is 6.19 Å². The van der Waals surface area contributed by atoms with Gasteiger partial charge in [0.2, 0.25) is 0 Å². The maximum absolute atomic E-state index is 6.87. The summed E-state index contributed by atoms with van der Waals surface area (Å²) in [6.07, 6.45) is -0.623. The molecule has 39 heavy (non-hydrogen) atoms. The van der Waals surface area contributed by atoms with Crippen molar-refractivity contribution in [1.82, 2.24) is 0 Å². The number of hydrogen-bond donors (Lipinski definition) is 0. The Morgan fingerprint density at radius 3 is 1.90 bits per heavy atom. The number of aryl methyl sites for hydroxylation is 1. The summed E-state index contributed by atoms with van der Waals surface area (Å²) < 4.78 is 11.1. The van der Waals surface area contributed by atoms with Gasteiger partial charge in [-0.05, 0) is 0 Å². The van der Waals surface area contributed by atoms with Crippen molar-refractivity contribution in [2.75, 3.05) is 0 Å². The van der Waals surface area contributed by atoms with E-state index in [1.54, 1.807) is 11.1 Å². The van der Waals surface area contributed by atoms with Gasteiger partial charge in [-0.25, -0.2) is 0 Å². The molecule has 0 radical (unpaired) electrons. The number of hydrogen-bond acceptors (Lipinski definition) is 1. The minimum absolute atomic E-state index is 0.0171. The van der Waals surface area contributed by atoms with Crippen LogP contribution in [0.1, 0.15) is 70.7 Å². The molecule has 3 heteroatoms. The van der Waals surface area contributed by atoms with Gasteiger partial charge in [0.05, 0.1) is 0 Å². The zero-order valence-corrected chi connectivity index (χ0v) is 28.4. The number of ether oxygens (including phenoxy) is 1. The first kappa shape index (κ1) is 29.8. The molecule has 205 valence electrons. The monoisotopic (exact) mass is 571 g/mol. The molecule has 0 aliphatic heterocycles. The van der Waals surface area contributed by atoms with Crippen molar-refractivity contribution in [3.8, 4) is 11.5 Å². The van der Waals surface area contributed by atoms with Crippen molar-refractivity contribution in [3.05, 3.63) is 116 Å². The number of allylic oxidation sites excluding steroid dienone is 4. The first-order valence-electron chi connectivity index (χ1n) is 14.5. The van der Waals surface area contributed by atoms with Gasteiger partial charge in [0.15, 0.2) is 0 Å². The molecule has 2 atom stereocenters. The molecule has 0 saturated carbocycles. The van der Waals surface area contributed by atoms with Crippen LogP contribution in [0.2, 0.25) is 13.1 Å². The number of benzene rings is 3. The first-order valence-corrected chi connectivity index (χ1v) is 22.3. The third kappa shape index (κ3) is 6.14. The molecular weight excluding hydrogens is 524 g/mol. The molecule has 0 bridgehead atoms. The van der Waals surface area contributed by atoms with E-state index >= 15 is 0 Å². The zero-order chi connectivity index (χ0) is 28.5. The molecule has 1 nitrogen and oxygen atoms in total. The van der Waals surface area contributed by atoms with Crippen molar-refractivity contribution in [3.63, 3.8) is 0 Å².